The summed E-state index contributed by atoms with van der Waals surface area (Å²) in [5, 5.41) is 10.8. The molecule has 110 valence electrons. The number of pyridine rings is 1. The number of hydrogen-bond donors (Lipinski definition) is 1. The molecule has 0 spiro atoms. The van der Waals surface area contributed by atoms with Gasteiger partial charge in [0.2, 0.25) is 0 Å². The Morgan fingerprint density at radius 1 is 1.41 bits per heavy atom. The molecule has 2 aromatic rings. The summed E-state index contributed by atoms with van der Waals surface area (Å²) in [5.74, 6) is -2.59. The number of aromatic carboxylic acids is 1. The van der Waals surface area contributed by atoms with Gasteiger partial charge in [0.15, 0.2) is 11.6 Å². The van der Waals surface area contributed by atoms with E-state index in [2.05, 4.69) is 4.98 Å². The zero-order valence-electron chi connectivity index (χ0n) is 11.6. The van der Waals surface area contributed by atoms with Gasteiger partial charge in [-0.1, -0.05) is 23.2 Å². The summed E-state index contributed by atoms with van der Waals surface area (Å²) in [6, 6.07) is 3.97. The normalized spacial score (nSPS) is 10.0. The molecule has 1 aromatic heterocycles. The Hall–Kier alpha value is -0.414. The molecule has 9 heteroatoms. The summed E-state index contributed by atoms with van der Waals surface area (Å²) in [6.07, 6.45) is 0. The summed E-state index contributed by atoms with van der Waals surface area (Å²) >= 11 is 11.5. The number of hydrogen-bond acceptors (Lipinski definition) is 5. The quantitative estimate of drug-likeness (QED) is 0.713. The van der Waals surface area contributed by atoms with E-state index in [1.807, 2.05) is 0 Å². The average Bonchev–Trinajstić information content (AvgIpc) is 2.42. The van der Waals surface area contributed by atoms with E-state index in [1.165, 1.54) is 25.3 Å². The molecule has 5 nitrogen and oxygen atoms in total. The molecular weight excluding hydrogens is 361 g/mol. The summed E-state index contributed by atoms with van der Waals surface area (Å²) in [4.78, 5) is 14.7. The van der Waals surface area contributed by atoms with Crippen molar-refractivity contribution < 1.29 is 70.4 Å². The van der Waals surface area contributed by atoms with E-state index in [-0.39, 0.29) is 84.1 Å². The SMILES string of the molecule is COc1c(Cl)ccc(-c2cc(N)c(Cl)c(C(=O)[O-])n2)c1F.[K+]. The fraction of sp³-hybridized carbons (Fsp3) is 0.0769. The number of ether oxygens (including phenoxy) is 1. The Kier molecular flexibility index (Phi) is 7.06. The molecule has 2 rings (SSSR count). The number of methoxy groups -OCH3 is 1. The van der Waals surface area contributed by atoms with Gasteiger partial charge in [-0.15, -0.1) is 0 Å². The minimum Gasteiger partial charge on any atom is -0.543 e. The molecule has 0 unspecified atom stereocenters. The van der Waals surface area contributed by atoms with Gasteiger partial charge in [-0.2, -0.15) is 0 Å². The van der Waals surface area contributed by atoms with Crippen LogP contribution < -0.4 is 67.0 Å². The van der Waals surface area contributed by atoms with Gasteiger partial charge in [0, 0.05) is 5.56 Å². The van der Waals surface area contributed by atoms with Crippen LogP contribution in [-0.2, 0) is 0 Å². The van der Waals surface area contributed by atoms with Gasteiger partial charge < -0.3 is 20.4 Å². The number of carboxylic acids is 1. The molecular formula is C13H8Cl2FKN2O3. The minimum absolute atomic E-state index is 0. The predicted molar refractivity (Wildman–Crippen MR) is 74.9 cm³/mol. The van der Waals surface area contributed by atoms with Crippen molar-refractivity contribution in [1.29, 1.82) is 0 Å². The molecule has 22 heavy (non-hydrogen) atoms. The van der Waals surface area contributed by atoms with Crippen LogP contribution in [0.5, 0.6) is 5.75 Å². The van der Waals surface area contributed by atoms with Crippen molar-refractivity contribution in [3.8, 4) is 17.0 Å². The van der Waals surface area contributed by atoms with E-state index in [0.717, 1.165) is 0 Å². The third kappa shape index (κ3) is 3.73. The Bertz CT molecular complexity index is 744. The molecule has 0 amide bonds. The number of anilines is 1. The molecule has 0 saturated heterocycles. The van der Waals surface area contributed by atoms with Crippen LogP contribution in [0.1, 0.15) is 10.5 Å². The minimum atomic E-state index is -1.62. The number of benzene rings is 1. The molecule has 0 aliphatic carbocycles. The van der Waals surface area contributed by atoms with Gasteiger partial charge in [0.1, 0.15) is 5.69 Å². The van der Waals surface area contributed by atoms with Gasteiger partial charge in [0.25, 0.3) is 0 Å². The fourth-order valence-electron chi connectivity index (χ4n) is 1.74. The molecule has 0 aliphatic heterocycles. The Labute approximate surface area is 178 Å². The largest absolute Gasteiger partial charge is 1.00 e. The van der Waals surface area contributed by atoms with Crippen LogP contribution in [-0.4, -0.2) is 18.1 Å². The Morgan fingerprint density at radius 2 is 2.05 bits per heavy atom. The van der Waals surface area contributed by atoms with Crippen LogP contribution in [0.3, 0.4) is 0 Å². The topological polar surface area (TPSA) is 88.3 Å². The van der Waals surface area contributed by atoms with E-state index in [0.29, 0.717) is 0 Å². The van der Waals surface area contributed by atoms with Gasteiger partial charge in [0.05, 0.1) is 34.5 Å². The van der Waals surface area contributed by atoms with Gasteiger partial charge in [-0.25, -0.2) is 9.37 Å². The maximum Gasteiger partial charge on any atom is 1.00 e. The van der Waals surface area contributed by atoms with E-state index >= 15 is 0 Å². The van der Waals surface area contributed by atoms with Crippen LogP contribution in [0.4, 0.5) is 10.1 Å². The molecule has 0 aliphatic rings. The number of carbonyl (C=O) groups is 1. The first-order chi connectivity index (χ1) is 9.86. The van der Waals surface area contributed by atoms with Crippen molar-refractivity contribution in [2.45, 2.75) is 0 Å². The van der Waals surface area contributed by atoms with E-state index in [1.54, 1.807) is 0 Å². The number of rotatable bonds is 3. The van der Waals surface area contributed by atoms with Crippen molar-refractivity contribution in [2.75, 3.05) is 12.8 Å². The van der Waals surface area contributed by atoms with Crippen molar-refractivity contribution in [3.63, 3.8) is 0 Å². The molecule has 0 bridgehead atoms. The van der Waals surface area contributed by atoms with Crippen LogP contribution in [0.2, 0.25) is 10.0 Å². The summed E-state index contributed by atoms with van der Waals surface area (Å²) in [7, 11) is 1.25. The van der Waals surface area contributed by atoms with Gasteiger partial charge in [-0.05, 0) is 18.2 Å². The zero-order chi connectivity index (χ0) is 15.7. The average molecular weight is 369 g/mol. The summed E-state index contributed by atoms with van der Waals surface area (Å²) < 4.78 is 19.1. The first-order valence-corrected chi connectivity index (χ1v) is 6.32. The number of carboxylic acid groups (broad SMARTS) is 1. The number of aromatic nitrogens is 1. The van der Waals surface area contributed by atoms with Crippen molar-refractivity contribution in [2.24, 2.45) is 0 Å². The van der Waals surface area contributed by atoms with Gasteiger partial charge >= 0.3 is 51.4 Å². The van der Waals surface area contributed by atoms with E-state index < -0.39 is 17.5 Å². The molecule has 1 aromatic carbocycles. The van der Waals surface area contributed by atoms with Crippen LogP contribution in [0, 0.1) is 5.82 Å². The smallest absolute Gasteiger partial charge is 0.543 e. The second-order valence-corrected chi connectivity index (χ2v) is 4.77. The monoisotopic (exact) mass is 368 g/mol. The van der Waals surface area contributed by atoms with E-state index in [4.69, 9.17) is 33.7 Å². The third-order valence-electron chi connectivity index (χ3n) is 2.71. The van der Waals surface area contributed by atoms with E-state index in [9.17, 15) is 14.3 Å². The first kappa shape index (κ1) is 19.6. The third-order valence-corrected chi connectivity index (χ3v) is 3.40. The zero-order valence-corrected chi connectivity index (χ0v) is 16.3. The second kappa shape index (κ2) is 7.92. The first-order valence-electron chi connectivity index (χ1n) is 5.56. The number of carbonyl (C=O) groups excluding carboxylic acids is 1. The van der Waals surface area contributed by atoms with Crippen LogP contribution in [0.15, 0.2) is 18.2 Å². The number of nitrogens with zero attached hydrogens (tertiary/aromatic N) is 1. The predicted octanol–water partition coefficient (Wildman–Crippen LogP) is -0.847. The maximum atomic E-state index is 14.3. The van der Waals surface area contributed by atoms with Crippen LogP contribution in [0.25, 0.3) is 11.3 Å². The molecule has 2 N–H and O–H groups in total. The molecule has 0 fully saturated rings. The Balaban J connectivity index is 0.00000242. The fourth-order valence-corrected chi connectivity index (χ4v) is 2.14. The molecule has 0 atom stereocenters. The molecule has 1 heterocycles. The van der Waals surface area contributed by atoms with Crippen molar-refractivity contribution in [1.82, 2.24) is 4.98 Å². The second-order valence-electron chi connectivity index (χ2n) is 3.99. The number of nitrogen functional groups attached to an aromatic ring is 1. The van der Waals surface area contributed by atoms with Gasteiger partial charge in [-0.3, -0.25) is 0 Å². The Morgan fingerprint density at radius 3 is 2.59 bits per heavy atom. The summed E-state index contributed by atoms with van der Waals surface area (Å²) in [5.41, 5.74) is 4.92. The van der Waals surface area contributed by atoms with Crippen LogP contribution >= 0.6 is 23.2 Å². The summed E-state index contributed by atoms with van der Waals surface area (Å²) in [6.45, 7) is 0. The number of halogens is 3. The van der Waals surface area contributed by atoms with Crippen molar-refractivity contribution >= 4 is 34.9 Å². The molecule has 0 radical (unpaired) electrons. The number of nitrogens with two attached hydrogens (primary N) is 1. The standard InChI is InChI=1S/C13H9Cl2FN2O3.K/c1-21-12-6(14)3-2-5(10(12)16)8-4-7(17)9(15)11(18-8)13(19)20;/h2-4H,1H3,(H2,17,18)(H,19,20);/q;+1/p-1. The molecule has 0 saturated carbocycles. The van der Waals surface area contributed by atoms with Crippen molar-refractivity contribution in [3.05, 3.63) is 39.8 Å². The maximum absolute atomic E-state index is 14.3.